The van der Waals surface area contributed by atoms with E-state index in [9.17, 15) is 4.79 Å². The highest BCUT2D eigenvalue weighted by atomic mass is 35.5. The van der Waals surface area contributed by atoms with E-state index in [1.165, 1.54) is 16.7 Å². The summed E-state index contributed by atoms with van der Waals surface area (Å²) >= 11 is 18.4. The van der Waals surface area contributed by atoms with Crippen molar-refractivity contribution in [2.24, 2.45) is 0 Å². The number of halogens is 2. The normalized spacial score (nSPS) is 16.6. The summed E-state index contributed by atoms with van der Waals surface area (Å²) in [5.41, 5.74) is 1.30. The van der Waals surface area contributed by atoms with Gasteiger partial charge in [-0.3, -0.25) is 14.7 Å². The monoisotopic (exact) mass is 366 g/mol. The van der Waals surface area contributed by atoms with Crippen LogP contribution in [0.4, 0.5) is 5.69 Å². The summed E-state index contributed by atoms with van der Waals surface area (Å²) in [4.78, 5) is 18.7. The minimum atomic E-state index is -0.195. The van der Waals surface area contributed by atoms with Crippen LogP contribution in [0.1, 0.15) is 5.69 Å². The number of carbonyl (C=O) groups is 1. The first kappa shape index (κ1) is 15.5. The van der Waals surface area contributed by atoms with Gasteiger partial charge >= 0.3 is 0 Å². The number of benzene rings is 1. The van der Waals surface area contributed by atoms with Crippen molar-refractivity contribution in [1.82, 2.24) is 4.98 Å². The number of rotatable bonds is 2. The fraction of sp³-hybridized carbons (Fsp3) is 0. The molecule has 2 aromatic rings. The summed E-state index contributed by atoms with van der Waals surface area (Å²) in [6.45, 7) is 0. The van der Waals surface area contributed by atoms with Crippen LogP contribution in [-0.2, 0) is 4.79 Å². The molecule has 1 aliphatic heterocycles. The van der Waals surface area contributed by atoms with E-state index in [-0.39, 0.29) is 5.91 Å². The summed E-state index contributed by atoms with van der Waals surface area (Å²) in [5, 5.41) is 0.807. The molecule has 0 saturated carbocycles. The second-order valence-electron chi connectivity index (χ2n) is 4.37. The molecule has 0 aliphatic carbocycles. The van der Waals surface area contributed by atoms with Crippen LogP contribution < -0.4 is 4.90 Å². The van der Waals surface area contributed by atoms with Crippen LogP contribution in [0.5, 0.6) is 0 Å². The van der Waals surface area contributed by atoms with Crippen molar-refractivity contribution in [1.29, 1.82) is 0 Å². The van der Waals surface area contributed by atoms with Crippen molar-refractivity contribution in [3.63, 3.8) is 0 Å². The molecule has 1 fully saturated rings. The number of hydrogen-bond donors (Lipinski definition) is 0. The van der Waals surface area contributed by atoms with Crippen LogP contribution >= 0.6 is 47.2 Å². The highest BCUT2D eigenvalue weighted by Crippen LogP contribution is 2.37. The van der Waals surface area contributed by atoms with Gasteiger partial charge in [0.05, 0.1) is 26.3 Å². The third-order valence-electron chi connectivity index (χ3n) is 2.92. The molecular formula is C15H8Cl2N2OS2. The lowest BCUT2D eigenvalue weighted by Gasteiger charge is -2.15. The highest BCUT2D eigenvalue weighted by Gasteiger charge is 2.33. The van der Waals surface area contributed by atoms with Gasteiger partial charge in [0.1, 0.15) is 0 Å². The Morgan fingerprint density at radius 1 is 1.18 bits per heavy atom. The van der Waals surface area contributed by atoms with Crippen LogP contribution in [0.2, 0.25) is 10.0 Å². The topological polar surface area (TPSA) is 33.2 Å². The first-order valence-corrected chi connectivity index (χ1v) is 8.18. The predicted molar refractivity (Wildman–Crippen MR) is 96.4 cm³/mol. The molecular weight excluding hydrogens is 359 g/mol. The summed E-state index contributed by atoms with van der Waals surface area (Å²) in [5.74, 6) is -0.195. The largest absolute Gasteiger partial charge is 0.270 e. The number of thiocarbonyl (C=S) groups is 1. The van der Waals surface area contributed by atoms with E-state index in [4.69, 9.17) is 35.4 Å². The van der Waals surface area contributed by atoms with Gasteiger partial charge < -0.3 is 0 Å². The first-order chi connectivity index (χ1) is 10.6. The van der Waals surface area contributed by atoms with Crippen molar-refractivity contribution in [3.05, 3.63) is 63.2 Å². The van der Waals surface area contributed by atoms with Gasteiger partial charge in [0.15, 0.2) is 4.32 Å². The van der Waals surface area contributed by atoms with Gasteiger partial charge in [-0.1, -0.05) is 53.2 Å². The third kappa shape index (κ3) is 3.03. The molecule has 22 heavy (non-hydrogen) atoms. The van der Waals surface area contributed by atoms with E-state index in [0.717, 1.165) is 0 Å². The molecule has 7 heteroatoms. The molecule has 0 bridgehead atoms. The van der Waals surface area contributed by atoms with Gasteiger partial charge in [0.25, 0.3) is 5.91 Å². The van der Waals surface area contributed by atoms with E-state index in [1.807, 2.05) is 18.2 Å². The van der Waals surface area contributed by atoms with Gasteiger partial charge in [-0.2, -0.15) is 0 Å². The van der Waals surface area contributed by atoms with E-state index < -0.39 is 0 Å². The van der Waals surface area contributed by atoms with Gasteiger partial charge in [-0.25, -0.2) is 0 Å². The van der Waals surface area contributed by atoms with E-state index in [0.29, 0.717) is 30.7 Å². The Bertz CT molecular complexity index is 793. The lowest BCUT2D eigenvalue weighted by molar-refractivity contribution is -0.113. The summed E-state index contributed by atoms with van der Waals surface area (Å²) in [7, 11) is 0. The van der Waals surface area contributed by atoms with Gasteiger partial charge in [0, 0.05) is 6.20 Å². The summed E-state index contributed by atoms with van der Waals surface area (Å²) in [6, 6.07) is 10.5. The smallest absolute Gasteiger partial charge is 0.268 e. The Morgan fingerprint density at radius 2 is 2.00 bits per heavy atom. The molecule has 3 nitrogen and oxygen atoms in total. The number of thioether (sulfide) groups is 1. The lowest BCUT2D eigenvalue weighted by Crippen LogP contribution is -2.27. The molecule has 1 aromatic heterocycles. The standard InChI is InChI=1S/C15H8Cl2N2OS2/c16-11-5-4-10(8-12(11)17)19-14(20)13(22-15(19)21)7-9-3-1-2-6-18-9/h1-8H/b13-7+. The van der Waals surface area contributed by atoms with E-state index >= 15 is 0 Å². The SMILES string of the molecule is O=C1/C(=C\c2ccccn2)SC(=S)N1c1ccc(Cl)c(Cl)c1. The second-order valence-corrected chi connectivity index (χ2v) is 6.86. The Labute approximate surface area is 146 Å². The minimum absolute atomic E-state index is 0.195. The van der Waals surface area contributed by atoms with Gasteiger partial charge in [-0.15, -0.1) is 0 Å². The van der Waals surface area contributed by atoms with Crippen LogP contribution in [0, 0.1) is 0 Å². The average molecular weight is 367 g/mol. The average Bonchev–Trinajstić information content (AvgIpc) is 2.78. The maximum absolute atomic E-state index is 12.6. The zero-order valence-corrected chi connectivity index (χ0v) is 14.1. The number of aromatic nitrogens is 1. The number of anilines is 1. The molecule has 110 valence electrons. The minimum Gasteiger partial charge on any atom is -0.268 e. The van der Waals surface area contributed by atoms with Gasteiger partial charge in [0.2, 0.25) is 0 Å². The Kier molecular flexibility index (Phi) is 4.49. The Hall–Kier alpha value is -1.40. The predicted octanol–water partition coefficient (Wildman–Crippen LogP) is 4.79. The van der Waals surface area contributed by atoms with Gasteiger partial charge in [-0.05, 0) is 36.4 Å². The molecule has 0 unspecified atom stereocenters. The molecule has 1 saturated heterocycles. The molecule has 1 aromatic carbocycles. The molecule has 3 rings (SSSR count). The zero-order valence-electron chi connectivity index (χ0n) is 11.0. The second kappa shape index (κ2) is 6.38. The molecule has 1 amide bonds. The maximum Gasteiger partial charge on any atom is 0.270 e. The highest BCUT2D eigenvalue weighted by molar-refractivity contribution is 8.27. The summed E-state index contributed by atoms with van der Waals surface area (Å²) < 4.78 is 0.450. The number of hydrogen-bond acceptors (Lipinski definition) is 4. The Morgan fingerprint density at radius 3 is 2.68 bits per heavy atom. The molecule has 0 spiro atoms. The van der Waals surface area contributed by atoms with Crippen LogP contribution in [0.25, 0.3) is 6.08 Å². The molecule has 1 aliphatic rings. The zero-order chi connectivity index (χ0) is 15.7. The number of nitrogens with zero attached hydrogens (tertiary/aromatic N) is 2. The van der Waals surface area contributed by atoms with Crippen molar-refractivity contribution >= 4 is 69.2 Å². The van der Waals surface area contributed by atoms with Crippen molar-refractivity contribution in [3.8, 4) is 0 Å². The van der Waals surface area contributed by atoms with Crippen molar-refractivity contribution < 1.29 is 4.79 Å². The van der Waals surface area contributed by atoms with Crippen molar-refractivity contribution in [2.45, 2.75) is 0 Å². The Balaban J connectivity index is 1.95. The molecule has 0 atom stereocenters. The van der Waals surface area contributed by atoms with E-state index in [2.05, 4.69) is 4.98 Å². The quantitative estimate of drug-likeness (QED) is 0.564. The number of pyridine rings is 1. The number of carbonyl (C=O) groups excluding carboxylic acids is 1. The first-order valence-electron chi connectivity index (χ1n) is 6.20. The fourth-order valence-corrected chi connectivity index (χ4v) is 3.49. The van der Waals surface area contributed by atoms with E-state index in [1.54, 1.807) is 30.5 Å². The lowest BCUT2D eigenvalue weighted by atomic mass is 10.2. The van der Waals surface area contributed by atoms with Crippen LogP contribution in [0.3, 0.4) is 0 Å². The fourth-order valence-electron chi connectivity index (χ4n) is 1.91. The molecule has 2 heterocycles. The molecule has 0 radical (unpaired) electrons. The van der Waals surface area contributed by atoms with Crippen LogP contribution in [-0.4, -0.2) is 15.2 Å². The third-order valence-corrected chi connectivity index (χ3v) is 4.96. The van der Waals surface area contributed by atoms with Crippen LogP contribution in [0.15, 0.2) is 47.5 Å². The number of amides is 1. The maximum atomic E-state index is 12.6. The summed E-state index contributed by atoms with van der Waals surface area (Å²) in [6.07, 6.45) is 3.39. The van der Waals surface area contributed by atoms with Crippen molar-refractivity contribution in [2.75, 3.05) is 4.90 Å². The molecule has 0 N–H and O–H groups in total.